The van der Waals surface area contributed by atoms with Crippen LogP contribution in [0.15, 0.2) is 24.3 Å². The average molecular weight is 274 g/mol. The third-order valence-electron chi connectivity index (χ3n) is 2.86. The molecule has 18 heavy (non-hydrogen) atoms. The van der Waals surface area contributed by atoms with E-state index in [9.17, 15) is 9.18 Å². The summed E-state index contributed by atoms with van der Waals surface area (Å²) in [5, 5.41) is 0. The first-order valence-electron chi connectivity index (χ1n) is 5.78. The maximum atomic E-state index is 12.7. The maximum Gasteiger partial charge on any atom is 0.176 e. The minimum absolute atomic E-state index is 0. The lowest BCUT2D eigenvalue weighted by Gasteiger charge is -2.30. The van der Waals surface area contributed by atoms with Crippen LogP contribution in [0.25, 0.3) is 0 Å². The van der Waals surface area contributed by atoms with Gasteiger partial charge in [-0.3, -0.25) is 9.69 Å². The molecule has 0 spiro atoms. The third-order valence-corrected chi connectivity index (χ3v) is 2.86. The molecule has 1 aliphatic heterocycles. The number of benzene rings is 1. The predicted octanol–water partition coefficient (Wildman–Crippen LogP) is 2.15. The Morgan fingerprint density at radius 2 is 2.11 bits per heavy atom. The van der Waals surface area contributed by atoms with Gasteiger partial charge in [-0.2, -0.15) is 0 Å². The molecule has 0 aliphatic carbocycles. The highest BCUT2D eigenvalue weighted by atomic mass is 35.5. The van der Waals surface area contributed by atoms with E-state index in [-0.39, 0.29) is 30.1 Å². The number of halogens is 2. The molecule has 0 amide bonds. The quantitative estimate of drug-likeness (QED) is 0.791. The number of rotatable bonds is 3. The van der Waals surface area contributed by atoms with Gasteiger partial charge in [0, 0.05) is 18.7 Å². The molecule has 1 unspecified atom stereocenters. The van der Waals surface area contributed by atoms with Gasteiger partial charge >= 0.3 is 0 Å². The van der Waals surface area contributed by atoms with Gasteiger partial charge in [0.15, 0.2) is 5.78 Å². The summed E-state index contributed by atoms with van der Waals surface area (Å²) in [6, 6.07) is 5.69. The van der Waals surface area contributed by atoms with Crippen LogP contribution in [-0.4, -0.2) is 43.0 Å². The average Bonchev–Trinajstić information content (AvgIpc) is 2.29. The summed E-state index contributed by atoms with van der Waals surface area (Å²) in [6.45, 7) is 4.58. The standard InChI is InChI=1S/C13H16FNO2.ClH/c1-10-8-15(6-7-17-10)9-13(16)11-2-4-12(14)5-3-11;/h2-5,10H,6-9H2,1H3;1H. The van der Waals surface area contributed by atoms with Crippen LogP contribution < -0.4 is 0 Å². The second kappa shape index (κ2) is 6.83. The lowest BCUT2D eigenvalue weighted by Crippen LogP contribution is -2.43. The number of carbonyl (C=O) groups excluding carboxylic acids is 1. The molecular weight excluding hydrogens is 257 g/mol. The van der Waals surface area contributed by atoms with E-state index in [1.165, 1.54) is 24.3 Å². The summed E-state index contributed by atoms with van der Waals surface area (Å²) in [5.74, 6) is -0.291. The molecule has 1 aromatic carbocycles. The molecule has 0 bridgehead atoms. The molecule has 100 valence electrons. The first-order chi connectivity index (χ1) is 8.15. The minimum atomic E-state index is -0.318. The van der Waals surface area contributed by atoms with Crippen molar-refractivity contribution in [2.45, 2.75) is 13.0 Å². The van der Waals surface area contributed by atoms with Gasteiger partial charge in [-0.25, -0.2) is 4.39 Å². The van der Waals surface area contributed by atoms with Crippen molar-refractivity contribution >= 4 is 18.2 Å². The van der Waals surface area contributed by atoms with Crippen LogP contribution in [0.4, 0.5) is 4.39 Å². The summed E-state index contributed by atoms with van der Waals surface area (Å²) in [6.07, 6.45) is 0.171. The molecule has 0 saturated carbocycles. The normalized spacial score (nSPS) is 20.2. The van der Waals surface area contributed by atoms with E-state index in [1.54, 1.807) is 0 Å². The summed E-state index contributed by atoms with van der Waals surface area (Å²) in [7, 11) is 0. The Labute approximate surface area is 112 Å². The zero-order valence-electron chi connectivity index (χ0n) is 10.3. The molecule has 1 fully saturated rings. The number of Topliss-reactive ketones (excluding diaryl/α,β-unsaturated/α-hetero) is 1. The maximum absolute atomic E-state index is 12.7. The van der Waals surface area contributed by atoms with Gasteiger partial charge in [-0.05, 0) is 31.2 Å². The summed E-state index contributed by atoms with van der Waals surface area (Å²) in [5.41, 5.74) is 0.561. The van der Waals surface area contributed by atoms with Gasteiger partial charge < -0.3 is 4.74 Å². The van der Waals surface area contributed by atoms with Gasteiger partial charge in [0.1, 0.15) is 5.82 Å². The Balaban J connectivity index is 0.00000162. The van der Waals surface area contributed by atoms with Crippen LogP contribution in [0.1, 0.15) is 17.3 Å². The summed E-state index contributed by atoms with van der Waals surface area (Å²) in [4.78, 5) is 14.0. The first kappa shape index (κ1) is 15.1. The molecule has 1 heterocycles. The van der Waals surface area contributed by atoms with Gasteiger partial charge in [0.2, 0.25) is 0 Å². The summed E-state index contributed by atoms with van der Waals surface area (Å²) < 4.78 is 18.1. The fraction of sp³-hybridized carbons (Fsp3) is 0.462. The van der Waals surface area contributed by atoms with Crippen LogP contribution in [-0.2, 0) is 4.74 Å². The van der Waals surface area contributed by atoms with Gasteiger partial charge in [0.05, 0.1) is 19.3 Å². The molecular formula is C13H17ClFNO2. The molecule has 1 saturated heterocycles. The molecule has 5 heteroatoms. The third kappa shape index (κ3) is 4.05. The van der Waals surface area contributed by atoms with E-state index < -0.39 is 0 Å². The van der Waals surface area contributed by atoms with E-state index in [4.69, 9.17) is 4.74 Å². The predicted molar refractivity (Wildman–Crippen MR) is 69.8 cm³/mol. The van der Waals surface area contributed by atoms with Crippen LogP contribution in [0, 0.1) is 5.82 Å². The molecule has 1 aliphatic rings. The molecule has 1 aromatic rings. The van der Waals surface area contributed by atoms with Crippen LogP contribution >= 0.6 is 12.4 Å². The number of morpholine rings is 1. The van der Waals surface area contributed by atoms with E-state index >= 15 is 0 Å². The molecule has 2 rings (SSSR count). The summed E-state index contributed by atoms with van der Waals surface area (Å²) >= 11 is 0. The number of hydrogen-bond acceptors (Lipinski definition) is 3. The van der Waals surface area contributed by atoms with Crippen molar-refractivity contribution < 1.29 is 13.9 Å². The number of ether oxygens (including phenoxy) is 1. The largest absolute Gasteiger partial charge is 0.376 e. The van der Waals surface area contributed by atoms with E-state index in [0.29, 0.717) is 18.7 Å². The van der Waals surface area contributed by atoms with Crippen molar-refractivity contribution in [3.63, 3.8) is 0 Å². The number of nitrogens with zero attached hydrogens (tertiary/aromatic N) is 1. The number of ketones is 1. The Bertz CT molecular complexity index is 396. The Morgan fingerprint density at radius 1 is 1.44 bits per heavy atom. The Hall–Kier alpha value is -0.970. The van der Waals surface area contributed by atoms with E-state index in [1.807, 2.05) is 6.92 Å². The van der Waals surface area contributed by atoms with Crippen molar-refractivity contribution in [2.24, 2.45) is 0 Å². The molecule has 0 aromatic heterocycles. The van der Waals surface area contributed by atoms with Gasteiger partial charge in [-0.1, -0.05) is 0 Å². The van der Waals surface area contributed by atoms with Gasteiger partial charge in [-0.15, -0.1) is 12.4 Å². The van der Waals surface area contributed by atoms with Crippen molar-refractivity contribution in [2.75, 3.05) is 26.2 Å². The van der Waals surface area contributed by atoms with E-state index in [0.717, 1.165) is 13.1 Å². The lowest BCUT2D eigenvalue weighted by molar-refractivity contribution is -0.0158. The molecule has 1 atom stereocenters. The second-order valence-corrected chi connectivity index (χ2v) is 4.35. The highest BCUT2D eigenvalue weighted by molar-refractivity contribution is 5.97. The van der Waals surface area contributed by atoms with Crippen molar-refractivity contribution in [1.29, 1.82) is 0 Å². The second-order valence-electron chi connectivity index (χ2n) is 4.35. The first-order valence-corrected chi connectivity index (χ1v) is 5.78. The van der Waals surface area contributed by atoms with Crippen LogP contribution in [0.5, 0.6) is 0 Å². The van der Waals surface area contributed by atoms with Crippen molar-refractivity contribution in [3.8, 4) is 0 Å². The molecule has 0 radical (unpaired) electrons. The Morgan fingerprint density at radius 3 is 2.72 bits per heavy atom. The monoisotopic (exact) mass is 273 g/mol. The lowest BCUT2D eigenvalue weighted by atomic mass is 10.1. The van der Waals surface area contributed by atoms with Crippen molar-refractivity contribution in [1.82, 2.24) is 4.90 Å². The molecule has 0 N–H and O–H groups in total. The van der Waals surface area contributed by atoms with Crippen LogP contribution in [0.2, 0.25) is 0 Å². The SMILES string of the molecule is CC1CN(CC(=O)c2ccc(F)cc2)CCO1.Cl. The zero-order chi connectivity index (χ0) is 12.3. The highest BCUT2D eigenvalue weighted by Gasteiger charge is 2.19. The van der Waals surface area contributed by atoms with Crippen LogP contribution in [0.3, 0.4) is 0 Å². The number of carbonyl (C=O) groups is 1. The number of hydrogen-bond donors (Lipinski definition) is 0. The fourth-order valence-corrected chi connectivity index (χ4v) is 1.96. The Kier molecular flexibility index (Phi) is 5.72. The minimum Gasteiger partial charge on any atom is -0.376 e. The topological polar surface area (TPSA) is 29.5 Å². The highest BCUT2D eigenvalue weighted by Crippen LogP contribution is 2.08. The van der Waals surface area contributed by atoms with Gasteiger partial charge in [0.25, 0.3) is 0 Å². The van der Waals surface area contributed by atoms with Crippen molar-refractivity contribution in [3.05, 3.63) is 35.6 Å². The zero-order valence-corrected chi connectivity index (χ0v) is 11.1. The fourth-order valence-electron chi connectivity index (χ4n) is 1.96. The van der Waals surface area contributed by atoms with E-state index in [2.05, 4.69) is 4.90 Å². The smallest absolute Gasteiger partial charge is 0.176 e. The molecule has 3 nitrogen and oxygen atoms in total.